The van der Waals surface area contributed by atoms with Crippen LogP contribution in [0.15, 0.2) is 30.6 Å². The Morgan fingerprint density at radius 3 is 2.33 bits per heavy atom. The van der Waals surface area contributed by atoms with Gasteiger partial charge in [-0.25, -0.2) is 0 Å². The normalized spacial score (nSPS) is 10.3. The monoisotopic (exact) mass is 205 g/mol. The highest BCUT2D eigenvalue weighted by atomic mass is 16.4. The highest BCUT2D eigenvalue weighted by Gasteiger charge is 2.16. The Morgan fingerprint density at radius 1 is 1.13 bits per heavy atom. The molecule has 2 aromatic rings. The third-order valence-electron chi connectivity index (χ3n) is 1.94. The standard InChI is InChI=1S/C8H8BN3O3/c13-8-5-6(12-10-3-4-11-12)1-2-7(8)9(14)15/h1-5,13-15H. The van der Waals surface area contributed by atoms with E-state index in [1.54, 1.807) is 6.07 Å². The zero-order valence-corrected chi connectivity index (χ0v) is 7.65. The first-order chi connectivity index (χ1) is 7.18. The van der Waals surface area contributed by atoms with E-state index in [2.05, 4.69) is 10.2 Å². The van der Waals surface area contributed by atoms with Gasteiger partial charge in [-0.05, 0) is 6.07 Å². The summed E-state index contributed by atoms with van der Waals surface area (Å²) >= 11 is 0. The molecule has 0 aliphatic carbocycles. The Kier molecular flexibility index (Phi) is 2.40. The lowest BCUT2D eigenvalue weighted by atomic mass is 9.79. The summed E-state index contributed by atoms with van der Waals surface area (Å²) in [4.78, 5) is 1.31. The molecule has 1 aromatic heterocycles. The van der Waals surface area contributed by atoms with Crippen molar-refractivity contribution >= 4 is 12.6 Å². The lowest BCUT2D eigenvalue weighted by molar-refractivity contribution is 0.419. The molecule has 7 heteroatoms. The summed E-state index contributed by atoms with van der Waals surface area (Å²) in [5.41, 5.74) is 0.591. The summed E-state index contributed by atoms with van der Waals surface area (Å²) in [6, 6.07) is 4.34. The molecular weight excluding hydrogens is 197 g/mol. The fraction of sp³-hybridized carbons (Fsp3) is 0. The largest absolute Gasteiger partial charge is 0.508 e. The van der Waals surface area contributed by atoms with E-state index in [4.69, 9.17) is 10.0 Å². The maximum Gasteiger partial charge on any atom is 0.492 e. The Hall–Kier alpha value is -1.86. The van der Waals surface area contributed by atoms with Gasteiger partial charge in [-0.15, -0.1) is 0 Å². The first-order valence-corrected chi connectivity index (χ1v) is 4.24. The van der Waals surface area contributed by atoms with Crippen LogP contribution in [0, 0.1) is 0 Å². The number of phenols is 1. The molecule has 1 heterocycles. The second kappa shape index (κ2) is 3.72. The van der Waals surface area contributed by atoms with Gasteiger partial charge in [0.2, 0.25) is 0 Å². The Labute approximate surface area is 85.6 Å². The van der Waals surface area contributed by atoms with Gasteiger partial charge in [-0.2, -0.15) is 15.0 Å². The van der Waals surface area contributed by atoms with Gasteiger partial charge >= 0.3 is 7.12 Å². The van der Waals surface area contributed by atoms with Crippen LogP contribution in [0.1, 0.15) is 0 Å². The molecule has 3 N–H and O–H groups in total. The lowest BCUT2D eigenvalue weighted by Crippen LogP contribution is -2.30. The number of hydrogen-bond acceptors (Lipinski definition) is 5. The molecule has 0 atom stereocenters. The minimum Gasteiger partial charge on any atom is -0.508 e. The summed E-state index contributed by atoms with van der Waals surface area (Å²) < 4.78 is 0. The third-order valence-corrected chi connectivity index (χ3v) is 1.94. The Balaban J connectivity index is 2.42. The quantitative estimate of drug-likeness (QED) is 0.527. The zero-order chi connectivity index (χ0) is 10.8. The van der Waals surface area contributed by atoms with Crippen molar-refractivity contribution < 1.29 is 15.2 Å². The number of nitrogens with zero attached hydrogens (tertiary/aromatic N) is 3. The smallest absolute Gasteiger partial charge is 0.492 e. The van der Waals surface area contributed by atoms with Gasteiger partial charge in [0, 0.05) is 11.5 Å². The molecule has 0 aliphatic heterocycles. The molecule has 76 valence electrons. The Morgan fingerprint density at radius 2 is 1.80 bits per heavy atom. The van der Waals surface area contributed by atoms with E-state index in [9.17, 15) is 5.11 Å². The number of aromatic nitrogens is 3. The van der Waals surface area contributed by atoms with E-state index in [0.717, 1.165) is 0 Å². The third kappa shape index (κ3) is 1.83. The molecule has 0 saturated carbocycles. The number of aromatic hydroxyl groups is 1. The maximum atomic E-state index is 9.47. The van der Waals surface area contributed by atoms with Gasteiger partial charge in [0.25, 0.3) is 0 Å². The van der Waals surface area contributed by atoms with Gasteiger partial charge in [-0.3, -0.25) is 0 Å². The van der Waals surface area contributed by atoms with Crippen molar-refractivity contribution in [2.75, 3.05) is 0 Å². The average molecular weight is 205 g/mol. The molecule has 1 aromatic carbocycles. The minimum absolute atomic E-state index is 0.0471. The summed E-state index contributed by atoms with van der Waals surface area (Å²) in [7, 11) is -1.69. The molecule has 0 radical (unpaired) electrons. The van der Waals surface area contributed by atoms with Crippen LogP contribution in [0.4, 0.5) is 0 Å². The van der Waals surface area contributed by atoms with Crippen LogP contribution < -0.4 is 5.46 Å². The van der Waals surface area contributed by atoms with Crippen LogP contribution in [0.5, 0.6) is 5.75 Å². The molecule has 6 nitrogen and oxygen atoms in total. The predicted molar refractivity (Wildman–Crippen MR) is 52.8 cm³/mol. The van der Waals surface area contributed by atoms with Crippen molar-refractivity contribution in [2.45, 2.75) is 0 Å². The number of hydrogen-bond donors (Lipinski definition) is 3. The first kappa shape index (κ1) is 9.69. The molecular formula is C8H8BN3O3. The molecule has 0 bridgehead atoms. The topological polar surface area (TPSA) is 91.4 Å². The maximum absolute atomic E-state index is 9.47. The van der Waals surface area contributed by atoms with E-state index in [1.165, 1.54) is 29.3 Å². The van der Waals surface area contributed by atoms with E-state index in [-0.39, 0.29) is 11.2 Å². The average Bonchev–Trinajstić information content (AvgIpc) is 2.69. The predicted octanol–water partition coefficient (Wildman–Crippen LogP) is -1.35. The molecule has 0 spiro atoms. The number of phenolic OH excluding ortho intramolecular Hbond substituents is 1. The van der Waals surface area contributed by atoms with Gasteiger partial charge in [-0.1, -0.05) is 6.07 Å². The fourth-order valence-corrected chi connectivity index (χ4v) is 1.22. The van der Waals surface area contributed by atoms with Crippen LogP contribution in [0.3, 0.4) is 0 Å². The molecule has 0 fully saturated rings. The van der Waals surface area contributed by atoms with E-state index in [1.807, 2.05) is 0 Å². The van der Waals surface area contributed by atoms with Crippen molar-refractivity contribution in [3.8, 4) is 11.4 Å². The van der Waals surface area contributed by atoms with Gasteiger partial charge in [0.15, 0.2) is 0 Å². The number of benzene rings is 1. The Bertz CT molecular complexity index is 458. The van der Waals surface area contributed by atoms with Crippen molar-refractivity contribution in [3.05, 3.63) is 30.6 Å². The molecule has 2 rings (SSSR count). The van der Waals surface area contributed by atoms with Crippen LogP contribution in [-0.4, -0.2) is 37.3 Å². The molecule has 0 amide bonds. The van der Waals surface area contributed by atoms with Crippen molar-refractivity contribution in [1.29, 1.82) is 0 Å². The van der Waals surface area contributed by atoms with Crippen molar-refractivity contribution in [1.82, 2.24) is 15.0 Å². The summed E-state index contributed by atoms with van der Waals surface area (Å²) in [6.07, 6.45) is 3.01. The zero-order valence-electron chi connectivity index (χ0n) is 7.65. The first-order valence-electron chi connectivity index (χ1n) is 4.24. The van der Waals surface area contributed by atoms with Crippen molar-refractivity contribution in [3.63, 3.8) is 0 Å². The highest BCUT2D eigenvalue weighted by molar-refractivity contribution is 6.59. The molecule has 0 saturated heterocycles. The van der Waals surface area contributed by atoms with E-state index < -0.39 is 7.12 Å². The second-order valence-corrected chi connectivity index (χ2v) is 2.94. The lowest BCUT2D eigenvalue weighted by Gasteiger charge is -2.05. The van der Waals surface area contributed by atoms with Gasteiger partial charge in [0.1, 0.15) is 5.75 Å². The van der Waals surface area contributed by atoms with Crippen molar-refractivity contribution in [2.24, 2.45) is 0 Å². The number of rotatable bonds is 2. The van der Waals surface area contributed by atoms with Gasteiger partial charge in [0.05, 0.1) is 18.1 Å². The minimum atomic E-state index is -1.69. The SMILES string of the molecule is OB(O)c1ccc(-n2nccn2)cc1O. The molecule has 15 heavy (non-hydrogen) atoms. The molecule has 0 aliphatic rings. The van der Waals surface area contributed by atoms with E-state index in [0.29, 0.717) is 5.69 Å². The van der Waals surface area contributed by atoms with Gasteiger partial charge < -0.3 is 15.2 Å². The van der Waals surface area contributed by atoms with Crippen LogP contribution in [0.2, 0.25) is 0 Å². The van der Waals surface area contributed by atoms with E-state index >= 15 is 0 Å². The molecule has 0 unspecified atom stereocenters. The second-order valence-electron chi connectivity index (χ2n) is 2.94. The van der Waals surface area contributed by atoms with Crippen LogP contribution in [0.25, 0.3) is 5.69 Å². The summed E-state index contributed by atoms with van der Waals surface area (Å²) in [6.45, 7) is 0. The summed E-state index contributed by atoms with van der Waals surface area (Å²) in [5, 5.41) is 35.0. The van der Waals surface area contributed by atoms with Crippen LogP contribution >= 0.6 is 0 Å². The highest BCUT2D eigenvalue weighted by Crippen LogP contribution is 2.11. The summed E-state index contributed by atoms with van der Waals surface area (Å²) in [5.74, 6) is -0.209. The fourth-order valence-electron chi connectivity index (χ4n) is 1.22. The van der Waals surface area contributed by atoms with Crippen LogP contribution in [-0.2, 0) is 0 Å².